The molecular formula is C81H97N15O14Si. The Morgan fingerprint density at radius 3 is 1.04 bits per heavy atom. The second-order valence-corrected chi connectivity index (χ2v) is 34.2. The third-order valence-electron chi connectivity index (χ3n) is 20.7. The topological polar surface area (TPSA) is 373 Å². The van der Waals surface area contributed by atoms with Crippen molar-refractivity contribution in [2.24, 2.45) is 25.6 Å². The summed E-state index contributed by atoms with van der Waals surface area (Å²) in [6, 6.07) is 61.2. The maximum atomic E-state index is 10.9. The highest BCUT2D eigenvalue weighted by Gasteiger charge is 2.59. The van der Waals surface area contributed by atoms with Gasteiger partial charge in [-0.3, -0.25) is 0 Å². The Morgan fingerprint density at radius 1 is 0.333 bits per heavy atom. The van der Waals surface area contributed by atoms with Crippen molar-refractivity contribution in [2.45, 2.75) is 227 Å². The first-order valence-corrected chi connectivity index (χ1v) is 39.8. The lowest BCUT2D eigenvalue weighted by Crippen LogP contribution is -2.65. The first kappa shape index (κ1) is 82.7. The predicted molar refractivity (Wildman–Crippen MR) is 414 cm³/mol. The quantitative estimate of drug-likeness (QED) is 0.0149. The van der Waals surface area contributed by atoms with Crippen molar-refractivity contribution in [1.29, 1.82) is 0 Å². The first-order valence-electron chi connectivity index (χ1n) is 37.6. The summed E-state index contributed by atoms with van der Waals surface area (Å²) in [7, 11) is -2.71. The summed E-state index contributed by atoms with van der Waals surface area (Å²) in [5.74, 6) is 0. The van der Waals surface area contributed by atoms with Crippen LogP contribution in [-0.4, -0.2) is 144 Å². The van der Waals surface area contributed by atoms with Crippen LogP contribution in [0.3, 0.4) is 0 Å². The molecule has 111 heavy (non-hydrogen) atoms. The maximum absolute atomic E-state index is 10.9. The molecule has 4 aliphatic rings. The Labute approximate surface area is 647 Å². The molecule has 1 aliphatic carbocycles. The van der Waals surface area contributed by atoms with Crippen molar-refractivity contribution in [3.63, 3.8) is 0 Å². The normalized spacial score (nSPS) is 27.2. The molecule has 7 aromatic carbocycles. The summed E-state index contributed by atoms with van der Waals surface area (Å²) in [5.41, 5.74) is 58.9. The average Bonchev–Trinajstić information content (AvgIpc) is 1.75. The summed E-state index contributed by atoms with van der Waals surface area (Å²) in [6.45, 7) is 12.9. The van der Waals surface area contributed by atoms with Gasteiger partial charge in [-0.2, -0.15) is 0 Å². The SMILES string of the molecule is CC(C)[Si](OCC1O[C@H](O[C@@H]2C(N=[N+]=[N-])C[C@@H](N=[N+]=[N-])C(OCc3ccccc3)[C@H]2O[C@@H]2O[C@H](COCc3ccccc3)[C@H](O[C@H]3O[C@@H](CN=[N+]=[N-])[C@@H](OCc4ccccc4)C(OCc4ccccc4)C3N=[N+]=[N-])C2OCc2ccccc2)C(N=[N+]=[N-])[C@H](OCc2ccccc2)[C@H]1OCc1ccccc1)(C(C)C)C(C)C. The van der Waals surface area contributed by atoms with Crippen molar-refractivity contribution >= 4 is 8.32 Å². The summed E-state index contributed by atoms with van der Waals surface area (Å²) in [5, 5.41) is 21.6. The van der Waals surface area contributed by atoms with Crippen LogP contribution in [0.5, 0.6) is 0 Å². The molecule has 0 aromatic heterocycles. The molecule has 19 atom stereocenters. The molecule has 29 nitrogen and oxygen atoms in total. The molecule has 0 radical (unpaired) electrons. The largest absolute Gasteiger partial charge is 0.413 e. The van der Waals surface area contributed by atoms with Gasteiger partial charge in [0.2, 0.25) is 0 Å². The molecule has 3 aliphatic heterocycles. The number of rotatable bonds is 40. The van der Waals surface area contributed by atoms with Crippen molar-refractivity contribution in [1.82, 2.24) is 0 Å². The van der Waals surface area contributed by atoms with E-state index in [1.807, 2.05) is 212 Å². The van der Waals surface area contributed by atoms with E-state index in [4.69, 9.17) is 66.0 Å². The molecule has 0 spiro atoms. The third kappa shape index (κ3) is 22.1. The molecule has 4 fully saturated rings. The molecule has 30 heteroatoms. The lowest BCUT2D eigenvalue weighted by atomic mass is 9.83. The Balaban J connectivity index is 1.05. The lowest BCUT2D eigenvalue weighted by molar-refractivity contribution is -0.322. The summed E-state index contributed by atoms with van der Waals surface area (Å²) in [6.07, 6.45) is -19.2. The maximum Gasteiger partial charge on any atom is 0.200 e. The zero-order valence-corrected chi connectivity index (χ0v) is 64.1. The smallest absolute Gasteiger partial charge is 0.200 e. The molecule has 0 N–H and O–H groups in total. The molecule has 1 saturated carbocycles. The van der Waals surface area contributed by atoms with E-state index in [9.17, 15) is 27.7 Å². The molecular weight excluding hydrogens is 1440 g/mol. The van der Waals surface area contributed by atoms with E-state index >= 15 is 0 Å². The number of azide groups is 5. The van der Waals surface area contributed by atoms with Gasteiger partial charge in [0, 0.05) is 24.6 Å². The summed E-state index contributed by atoms with van der Waals surface area (Å²) >= 11 is 0. The second kappa shape index (κ2) is 42.4. The zero-order valence-electron chi connectivity index (χ0n) is 63.1. The van der Waals surface area contributed by atoms with E-state index in [1.54, 1.807) is 0 Å². The number of hydrogen-bond donors (Lipinski definition) is 0. The van der Waals surface area contributed by atoms with E-state index in [0.717, 1.165) is 38.9 Å². The predicted octanol–water partition coefficient (Wildman–Crippen LogP) is 17.7. The van der Waals surface area contributed by atoms with Gasteiger partial charge in [0.1, 0.15) is 67.0 Å². The van der Waals surface area contributed by atoms with Gasteiger partial charge in [-0.05, 0) is 89.6 Å². The fourth-order valence-corrected chi connectivity index (χ4v) is 21.0. The van der Waals surface area contributed by atoms with Crippen molar-refractivity contribution in [2.75, 3.05) is 19.8 Å². The molecule has 0 bridgehead atoms. The highest BCUT2D eigenvalue weighted by Crippen LogP contribution is 2.45. The first-order chi connectivity index (χ1) is 54.3. The van der Waals surface area contributed by atoms with E-state index in [0.29, 0.717) is 0 Å². The Hall–Kier alpha value is -9.25. The van der Waals surface area contributed by atoms with Crippen molar-refractivity contribution in [3.8, 4) is 0 Å². The minimum absolute atomic E-state index is 0.00926. The van der Waals surface area contributed by atoms with Gasteiger partial charge in [-0.25, -0.2) is 0 Å². The van der Waals surface area contributed by atoms with Crippen molar-refractivity contribution < 1.29 is 66.0 Å². The monoisotopic (exact) mass is 1530 g/mol. The highest BCUT2D eigenvalue weighted by atomic mass is 28.4. The van der Waals surface area contributed by atoms with E-state index in [2.05, 4.69) is 91.7 Å². The highest BCUT2D eigenvalue weighted by molar-refractivity contribution is 6.77. The summed E-state index contributed by atoms with van der Waals surface area (Å²) < 4.78 is 99.9. The number of benzene rings is 7. The number of nitrogens with zero attached hydrogens (tertiary/aromatic N) is 15. The number of ether oxygens (including phenoxy) is 13. The van der Waals surface area contributed by atoms with Crippen LogP contribution in [0.1, 0.15) is 86.9 Å². The van der Waals surface area contributed by atoms with Crippen LogP contribution in [0.15, 0.2) is 238 Å². The van der Waals surface area contributed by atoms with Gasteiger partial charge in [0.15, 0.2) is 27.2 Å². The Kier molecular flexibility index (Phi) is 31.6. The summed E-state index contributed by atoms with van der Waals surface area (Å²) in [4.78, 5) is 16.7. The van der Waals surface area contributed by atoms with Gasteiger partial charge in [-0.15, -0.1) is 0 Å². The fraction of sp³-hybridized carbons (Fsp3) is 0.481. The molecule has 7 aromatic rings. The van der Waals surface area contributed by atoms with Gasteiger partial charge < -0.3 is 66.0 Å². The fourth-order valence-electron chi connectivity index (χ4n) is 15.5. The van der Waals surface area contributed by atoms with Crippen LogP contribution in [0.4, 0.5) is 0 Å². The lowest BCUT2D eigenvalue weighted by Gasteiger charge is -2.50. The Bertz CT molecular complexity index is 4180. The average molecular weight is 1530 g/mol. The minimum atomic E-state index is -2.71. The molecule has 11 rings (SSSR count). The molecule has 584 valence electrons. The molecule has 0 amide bonds. The molecule has 3 heterocycles. The van der Waals surface area contributed by atoms with Gasteiger partial charge in [-0.1, -0.05) is 279 Å². The molecule has 7 unspecified atom stereocenters. The van der Waals surface area contributed by atoms with Gasteiger partial charge in [0.25, 0.3) is 0 Å². The van der Waals surface area contributed by atoms with Gasteiger partial charge in [0.05, 0.1) is 96.4 Å². The van der Waals surface area contributed by atoms with Crippen LogP contribution in [0.25, 0.3) is 52.2 Å². The van der Waals surface area contributed by atoms with Crippen LogP contribution in [0.2, 0.25) is 16.6 Å². The molecule has 3 saturated heterocycles. The number of hydrogen-bond acceptors (Lipinski definition) is 19. The van der Waals surface area contributed by atoms with Gasteiger partial charge >= 0.3 is 0 Å². The Morgan fingerprint density at radius 2 is 0.649 bits per heavy atom. The van der Waals surface area contributed by atoms with Crippen LogP contribution < -0.4 is 0 Å². The minimum Gasteiger partial charge on any atom is -0.413 e. The van der Waals surface area contributed by atoms with E-state index in [1.165, 1.54) is 0 Å². The third-order valence-corrected chi connectivity index (χ3v) is 26.7. The van der Waals surface area contributed by atoms with Crippen LogP contribution in [0, 0.1) is 0 Å². The van der Waals surface area contributed by atoms with Crippen LogP contribution in [-0.2, 0) is 112 Å². The standard InChI is InChI=1S/C81H97N15O14Si/c1-53(2)111(54(3)4,55(5)6)104-52-67-73(100-47-59-34-20-10-21-35-59)76(102-49-61-38-24-12-25-39-61)69(91-96-86)80(106-67)108-71-64(89-94-84)42-63(88-93-83)70(98-45-57-30-16-8-17-31-57)77(71)110-81-78(103-50-62-40-26-13-27-41-62)74(66(107-81)51-97-44-56-28-14-7-15-29-56)109-79-68(90-95-85)75(101-48-60-36-22-11-23-37-60)72(65(105-79)43-87-92-82)99-46-58-32-18-9-19-33-58/h7-41,53-55,63-81H,42-52H2,1-6H3/t63-,64?,65+,66-,67?,68?,69?,70?,71-,72-,73+,74+,75?,76+,77-,78?,79-,80-,81+/m1/s1. The van der Waals surface area contributed by atoms with Crippen LogP contribution >= 0.6 is 0 Å². The second-order valence-electron chi connectivity index (χ2n) is 28.7. The van der Waals surface area contributed by atoms with E-state index < -0.39 is 125 Å². The van der Waals surface area contributed by atoms with E-state index in [-0.39, 0.29) is 89.1 Å². The zero-order chi connectivity index (χ0) is 77.7. The van der Waals surface area contributed by atoms with Crippen molar-refractivity contribution in [3.05, 3.63) is 303 Å².